The van der Waals surface area contributed by atoms with Crippen LogP contribution in [0.15, 0.2) is 24.5 Å². The second-order valence-electron chi connectivity index (χ2n) is 5.02. The highest BCUT2D eigenvalue weighted by atomic mass is 16.5. The third-order valence-corrected chi connectivity index (χ3v) is 3.72. The molecule has 2 aromatic rings. The Balaban J connectivity index is 1.76. The van der Waals surface area contributed by atoms with Crippen molar-refractivity contribution < 1.29 is 4.74 Å². The monoisotopic (exact) mass is 273 g/mol. The number of methoxy groups -OCH3 is 1. The van der Waals surface area contributed by atoms with E-state index in [-0.39, 0.29) is 0 Å². The number of rotatable bonds is 4. The fourth-order valence-electron chi connectivity index (χ4n) is 2.73. The lowest BCUT2D eigenvalue weighted by molar-refractivity contribution is 0.132. The zero-order chi connectivity index (χ0) is 13.8. The number of nitrogens with zero attached hydrogens (tertiary/aromatic N) is 4. The summed E-state index contributed by atoms with van der Waals surface area (Å²) in [6.45, 7) is 1.87. The van der Waals surface area contributed by atoms with E-state index in [4.69, 9.17) is 4.74 Å². The first-order chi connectivity index (χ1) is 9.86. The molecule has 0 amide bonds. The summed E-state index contributed by atoms with van der Waals surface area (Å²) in [6.07, 6.45) is 5.13. The van der Waals surface area contributed by atoms with E-state index in [1.807, 2.05) is 18.2 Å². The van der Waals surface area contributed by atoms with Gasteiger partial charge in [-0.25, -0.2) is 9.97 Å². The molecule has 0 aromatic carbocycles. The van der Waals surface area contributed by atoms with E-state index in [1.54, 1.807) is 13.4 Å². The maximum absolute atomic E-state index is 5.18. The normalized spacial score (nSPS) is 19.9. The first-order valence-electron chi connectivity index (χ1n) is 6.96. The summed E-state index contributed by atoms with van der Waals surface area (Å²) >= 11 is 0. The Labute approximate surface area is 118 Å². The van der Waals surface area contributed by atoms with Gasteiger partial charge in [0.15, 0.2) is 0 Å². The molecular formula is C14H19N5O. The standard InChI is InChI=1S/C14H19N5O/c1-20-13-7-4-5-11(17-13)9-19-8-3-2-6-12(19)14-15-10-16-18-14/h4-5,7,10,12H,2-3,6,8-9H2,1H3,(H,15,16,18). The van der Waals surface area contributed by atoms with E-state index >= 15 is 0 Å². The lowest BCUT2D eigenvalue weighted by Crippen LogP contribution is -2.33. The van der Waals surface area contributed by atoms with E-state index < -0.39 is 0 Å². The second-order valence-corrected chi connectivity index (χ2v) is 5.02. The molecule has 1 fully saturated rings. The van der Waals surface area contributed by atoms with Crippen LogP contribution in [0.3, 0.4) is 0 Å². The topological polar surface area (TPSA) is 66.9 Å². The second kappa shape index (κ2) is 6.00. The lowest BCUT2D eigenvalue weighted by Gasteiger charge is -2.33. The number of ether oxygens (including phenoxy) is 1. The molecule has 0 radical (unpaired) electrons. The molecule has 1 atom stereocenters. The minimum atomic E-state index is 0.305. The number of hydrogen-bond donors (Lipinski definition) is 1. The van der Waals surface area contributed by atoms with Gasteiger partial charge < -0.3 is 4.74 Å². The van der Waals surface area contributed by atoms with E-state index in [2.05, 4.69) is 25.1 Å². The zero-order valence-corrected chi connectivity index (χ0v) is 11.6. The lowest BCUT2D eigenvalue weighted by atomic mass is 10.0. The highest BCUT2D eigenvalue weighted by molar-refractivity contribution is 5.16. The smallest absolute Gasteiger partial charge is 0.213 e. The number of likely N-dealkylation sites (tertiary alicyclic amines) is 1. The van der Waals surface area contributed by atoms with Crippen molar-refractivity contribution in [1.82, 2.24) is 25.1 Å². The first-order valence-corrected chi connectivity index (χ1v) is 6.96. The number of piperidine rings is 1. The number of aromatic nitrogens is 4. The van der Waals surface area contributed by atoms with Gasteiger partial charge in [-0.1, -0.05) is 12.5 Å². The van der Waals surface area contributed by atoms with Crippen LogP contribution >= 0.6 is 0 Å². The van der Waals surface area contributed by atoms with Gasteiger partial charge in [-0.15, -0.1) is 0 Å². The summed E-state index contributed by atoms with van der Waals surface area (Å²) in [5.74, 6) is 1.61. The largest absolute Gasteiger partial charge is 0.481 e. The highest BCUT2D eigenvalue weighted by Gasteiger charge is 2.26. The van der Waals surface area contributed by atoms with Crippen molar-refractivity contribution >= 4 is 0 Å². The van der Waals surface area contributed by atoms with Crippen molar-refractivity contribution in [3.63, 3.8) is 0 Å². The van der Waals surface area contributed by atoms with Crippen LogP contribution in [0.5, 0.6) is 5.88 Å². The van der Waals surface area contributed by atoms with Crippen LogP contribution in [0.4, 0.5) is 0 Å². The number of pyridine rings is 1. The van der Waals surface area contributed by atoms with Crippen LogP contribution < -0.4 is 4.74 Å². The van der Waals surface area contributed by atoms with Crippen molar-refractivity contribution in [3.8, 4) is 5.88 Å². The maximum Gasteiger partial charge on any atom is 0.213 e. The third kappa shape index (κ3) is 2.80. The van der Waals surface area contributed by atoms with Gasteiger partial charge in [-0.05, 0) is 25.5 Å². The minimum absolute atomic E-state index is 0.305. The van der Waals surface area contributed by atoms with Gasteiger partial charge >= 0.3 is 0 Å². The Morgan fingerprint density at radius 1 is 1.40 bits per heavy atom. The number of nitrogens with one attached hydrogen (secondary N) is 1. The molecule has 6 nitrogen and oxygen atoms in total. The van der Waals surface area contributed by atoms with Crippen LogP contribution in [0.1, 0.15) is 36.8 Å². The fourth-order valence-corrected chi connectivity index (χ4v) is 2.73. The maximum atomic E-state index is 5.18. The van der Waals surface area contributed by atoms with Crippen LogP contribution in [0.2, 0.25) is 0 Å². The van der Waals surface area contributed by atoms with Gasteiger partial charge in [-0.3, -0.25) is 10.00 Å². The molecule has 1 saturated heterocycles. The highest BCUT2D eigenvalue weighted by Crippen LogP contribution is 2.29. The molecule has 1 aliphatic rings. The molecule has 2 aromatic heterocycles. The summed E-state index contributed by atoms with van der Waals surface area (Å²) in [4.78, 5) is 11.2. The minimum Gasteiger partial charge on any atom is -0.481 e. The van der Waals surface area contributed by atoms with E-state index in [9.17, 15) is 0 Å². The molecule has 0 aliphatic carbocycles. The predicted molar refractivity (Wildman–Crippen MR) is 74.2 cm³/mol. The van der Waals surface area contributed by atoms with Gasteiger partial charge in [0.25, 0.3) is 0 Å². The molecule has 6 heteroatoms. The molecule has 106 valence electrons. The van der Waals surface area contributed by atoms with Crippen LogP contribution in [-0.4, -0.2) is 38.7 Å². The molecule has 3 heterocycles. The predicted octanol–water partition coefficient (Wildman–Crippen LogP) is 1.94. The Hall–Kier alpha value is -1.95. The first kappa shape index (κ1) is 13.1. The molecule has 1 aliphatic heterocycles. The summed E-state index contributed by atoms with van der Waals surface area (Å²) in [5.41, 5.74) is 1.02. The van der Waals surface area contributed by atoms with Gasteiger partial charge in [0.05, 0.1) is 18.8 Å². The van der Waals surface area contributed by atoms with Crippen LogP contribution in [0.25, 0.3) is 0 Å². The molecule has 20 heavy (non-hydrogen) atoms. The third-order valence-electron chi connectivity index (χ3n) is 3.72. The molecule has 0 bridgehead atoms. The Morgan fingerprint density at radius 2 is 2.35 bits per heavy atom. The van der Waals surface area contributed by atoms with Crippen molar-refractivity contribution in [2.75, 3.05) is 13.7 Å². The zero-order valence-electron chi connectivity index (χ0n) is 11.6. The Bertz CT molecular complexity index is 542. The molecule has 1 unspecified atom stereocenters. The van der Waals surface area contributed by atoms with E-state index in [0.717, 1.165) is 31.0 Å². The van der Waals surface area contributed by atoms with Crippen molar-refractivity contribution in [1.29, 1.82) is 0 Å². The summed E-state index contributed by atoms with van der Waals surface area (Å²) < 4.78 is 5.18. The molecule has 0 spiro atoms. The van der Waals surface area contributed by atoms with E-state index in [1.165, 1.54) is 12.8 Å². The van der Waals surface area contributed by atoms with Crippen molar-refractivity contribution in [2.45, 2.75) is 31.8 Å². The Kier molecular flexibility index (Phi) is 3.92. The SMILES string of the molecule is COc1cccc(CN2CCCCC2c2ncn[nH]2)n1. The van der Waals surface area contributed by atoms with E-state index in [0.29, 0.717) is 11.9 Å². The molecule has 1 N–H and O–H groups in total. The van der Waals surface area contributed by atoms with Crippen LogP contribution in [-0.2, 0) is 6.54 Å². The number of hydrogen-bond acceptors (Lipinski definition) is 5. The number of H-pyrrole nitrogens is 1. The van der Waals surface area contributed by atoms with Gasteiger partial charge in [0.2, 0.25) is 5.88 Å². The summed E-state index contributed by atoms with van der Waals surface area (Å²) in [5, 5.41) is 6.97. The summed E-state index contributed by atoms with van der Waals surface area (Å²) in [7, 11) is 1.64. The van der Waals surface area contributed by atoms with Gasteiger partial charge in [-0.2, -0.15) is 5.10 Å². The van der Waals surface area contributed by atoms with Gasteiger partial charge in [0.1, 0.15) is 12.2 Å². The Morgan fingerprint density at radius 3 is 3.15 bits per heavy atom. The summed E-state index contributed by atoms with van der Waals surface area (Å²) in [6, 6.07) is 6.19. The average molecular weight is 273 g/mol. The van der Waals surface area contributed by atoms with Crippen molar-refractivity contribution in [2.24, 2.45) is 0 Å². The number of aromatic amines is 1. The quantitative estimate of drug-likeness (QED) is 0.922. The molecular weight excluding hydrogens is 254 g/mol. The molecule has 3 rings (SSSR count). The molecule has 0 saturated carbocycles. The van der Waals surface area contributed by atoms with Gasteiger partial charge in [0, 0.05) is 12.6 Å². The van der Waals surface area contributed by atoms with Crippen LogP contribution in [0, 0.1) is 0 Å². The fraction of sp³-hybridized carbons (Fsp3) is 0.500. The average Bonchev–Trinajstić information content (AvgIpc) is 3.02. The van der Waals surface area contributed by atoms with Crippen molar-refractivity contribution in [3.05, 3.63) is 36.0 Å².